The summed E-state index contributed by atoms with van der Waals surface area (Å²) >= 11 is 1.32. The molecule has 156 valence electrons. The highest BCUT2D eigenvalue weighted by Gasteiger charge is 2.33. The Morgan fingerprint density at radius 3 is 2.48 bits per heavy atom. The van der Waals surface area contributed by atoms with Crippen molar-refractivity contribution >= 4 is 29.5 Å². The molecule has 1 aliphatic heterocycles. The summed E-state index contributed by atoms with van der Waals surface area (Å²) in [6.45, 7) is 3.81. The van der Waals surface area contributed by atoms with Crippen LogP contribution in [0.15, 0.2) is 87.8 Å². The number of allylic oxidation sites excluding steroid dienone is 2. The lowest BCUT2D eigenvalue weighted by atomic mass is 9.96. The Balaban J connectivity index is 1.85. The van der Waals surface area contributed by atoms with Crippen LogP contribution >= 0.6 is 11.3 Å². The first-order valence-electron chi connectivity index (χ1n) is 10.1. The van der Waals surface area contributed by atoms with E-state index >= 15 is 0 Å². The number of esters is 1. The van der Waals surface area contributed by atoms with Gasteiger partial charge in [0.25, 0.3) is 5.56 Å². The fourth-order valence-corrected chi connectivity index (χ4v) is 4.57. The number of rotatable bonds is 5. The van der Waals surface area contributed by atoms with Crippen molar-refractivity contribution in [3.05, 3.63) is 109 Å². The van der Waals surface area contributed by atoms with Gasteiger partial charge in [-0.25, -0.2) is 9.79 Å². The molecule has 4 rings (SSSR count). The van der Waals surface area contributed by atoms with Crippen molar-refractivity contribution in [1.82, 2.24) is 4.57 Å². The number of benzene rings is 2. The molecule has 0 unspecified atom stereocenters. The quantitative estimate of drug-likeness (QED) is 0.583. The first-order chi connectivity index (χ1) is 15.1. The Hall–Kier alpha value is -3.51. The van der Waals surface area contributed by atoms with Crippen LogP contribution in [0, 0.1) is 0 Å². The van der Waals surface area contributed by atoms with Gasteiger partial charge >= 0.3 is 5.97 Å². The van der Waals surface area contributed by atoms with Crippen molar-refractivity contribution in [1.29, 1.82) is 0 Å². The number of fused-ring (bicyclic) bond motifs is 1. The average molecular weight is 431 g/mol. The maximum atomic E-state index is 13.3. The van der Waals surface area contributed by atoms with E-state index in [-0.39, 0.29) is 12.2 Å². The van der Waals surface area contributed by atoms with Crippen molar-refractivity contribution in [2.75, 3.05) is 6.61 Å². The summed E-state index contributed by atoms with van der Waals surface area (Å²) in [4.78, 5) is 31.3. The third-order valence-electron chi connectivity index (χ3n) is 4.97. The van der Waals surface area contributed by atoms with Gasteiger partial charge in [0.05, 0.1) is 28.5 Å². The SMILES string of the molecule is CCOC(=O)C1=C(C)N=c2s/c(=C/C=C/c3ccccc3)c(=O)n2[C@H]1c1ccccc1. The molecule has 1 aromatic heterocycles. The van der Waals surface area contributed by atoms with Crippen molar-refractivity contribution in [3.63, 3.8) is 0 Å². The summed E-state index contributed by atoms with van der Waals surface area (Å²) in [5.41, 5.74) is 2.68. The van der Waals surface area contributed by atoms with Crippen LogP contribution in [0.5, 0.6) is 0 Å². The van der Waals surface area contributed by atoms with E-state index in [0.717, 1.165) is 11.1 Å². The number of thiazole rings is 1. The second-order valence-corrected chi connectivity index (χ2v) is 8.01. The van der Waals surface area contributed by atoms with E-state index < -0.39 is 12.0 Å². The fourth-order valence-electron chi connectivity index (χ4n) is 3.57. The molecule has 0 fully saturated rings. The second kappa shape index (κ2) is 9.10. The zero-order chi connectivity index (χ0) is 21.8. The molecule has 0 saturated carbocycles. The first-order valence-corrected chi connectivity index (χ1v) is 10.9. The Labute approximate surface area is 184 Å². The molecule has 0 aliphatic carbocycles. The van der Waals surface area contributed by atoms with Gasteiger partial charge in [-0.15, -0.1) is 0 Å². The predicted octanol–water partition coefficient (Wildman–Crippen LogP) is 3.46. The molecule has 0 radical (unpaired) electrons. The van der Waals surface area contributed by atoms with Gasteiger partial charge in [0.2, 0.25) is 0 Å². The maximum Gasteiger partial charge on any atom is 0.338 e. The molecule has 0 spiro atoms. The number of aromatic nitrogens is 1. The van der Waals surface area contributed by atoms with Gasteiger partial charge in [-0.1, -0.05) is 84.2 Å². The molecule has 2 heterocycles. The summed E-state index contributed by atoms with van der Waals surface area (Å²) < 4.78 is 7.45. The molecular formula is C25H22N2O3S. The number of ether oxygens (including phenoxy) is 1. The molecule has 0 N–H and O–H groups in total. The van der Waals surface area contributed by atoms with Gasteiger partial charge in [-0.2, -0.15) is 0 Å². The van der Waals surface area contributed by atoms with Gasteiger partial charge in [-0.05, 0) is 31.1 Å². The predicted molar refractivity (Wildman–Crippen MR) is 123 cm³/mol. The average Bonchev–Trinajstić information content (AvgIpc) is 3.09. The minimum absolute atomic E-state index is 0.176. The molecule has 0 saturated heterocycles. The Morgan fingerprint density at radius 2 is 1.81 bits per heavy atom. The number of nitrogens with zero attached hydrogens (tertiary/aromatic N) is 2. The zero-order valence-electron chi connectivity index (χ0n) is 17.3. The molecule has 1 atom stereocenters. The minimum Gasteiger partial charge on any atom is -0.463 e. The topological polar surface area (TPSA) is 60.7 Å². The second-order valence-electron chi connectivity index (χ2n) is 7.01. The molecule has 2 aromatic carbocycles. The minimum atomic E-state index is -0.572. The van der Waals surface area contributed by atoms with Gasteiger partial charge in [0.1, 0.15) is 0 Å². The number of carbonyl (C=O) groups is 1. The van der Waals surface area contributed by atoms with Crippen LogP contribution in [0.25, 0.3) is 12.2 Å². The maximum absolute atomic E-state index is 13.3. The lowest BCUT2D eigenvalue weighted by Crippen LogP contribution is -2.39. The molecule has 31 heavy (non-hydrogen) atoms. The van der Waals surface area contributed by atoms with Crippen LogP contribution < -0.4 is 14.9 Å². The summed E-state index contributed by atoms with van der Waals surface area (Å²) in [7, 11) is 0. The van der Waals surface area contributed by atoms with Gasteiger partial charge < -0.3 is 4.74 Å². The van der Waals surface area contributed by atoms with E-state index in [1.165, 1.54) is 11.3 Å². The molecule has 1 aliphatic rings. The summed E-state index contributed by atoms with van der Waals surface area (Å²) in [5.74, 6) is -0.448. The van der Waals surface area contributed by atoms with Gasteiger partial charge in [0.15, 0.2) is 4.80 Å². The van der Waals surface area contributed by atoms with Crippen LogP contribution in [0.2, 0.25) is 0 Å². The van der Waals surface area contributed by atoms with Crippen molar-refractivity contribution in [2.45, 2.75) is 19.9 Å². The Bertz CT molecular complexity index is 1330. The highest BCUT2D eigenvalue weighted by Crippen LogP contribution is 2.30. The smallest absolute Gasteiger partial charge is 0.338 e. The van der Waals surface area contributed by atoms with Crippen LogP contribution in [0.4, 0.5) is 0 Å². The highest BCUT2D eigenvalue weighted by molar-refractivity contribution is 7.07. The van der Waals surface area contributed by atoms with E-state index in [2.05, 4.69) is 4.99 Å². The van der Waals surface area contributed by atoms with E-state index in [0.29, 0.717) is 20.6 Å². The molecule has 0 bridgehead atoms. The lowest BCUT2D eigenvalue weighted by molar-refractivity contribution is -0.139. The van der Waals surface area contributed by atoms with Crippen LogP contribution in [0.1, 0.15) is 31.0 Å². The third-order valence-corrected chi connectivity index (χ3v) is 5.97. The molecular weight excluding hydrogens is 408 g/mol. The molecule has 6 heteroatoms. The normalized spacial score (nSPS) is 16.3. The van der Waals surface area contributed by atoms with Crippen LogP contribution in [-0.4, -0.2) is 17.1 Å². The van der Waals surface area contributed by atoms with E-state index in [9.17, 15) is 9.59 Å². The van der Waals surface area contributed by atoms with Crippen LogP contribution in [0.3, 0.4) is 0 Å². The van der Waals surface area contributed by atoms with E-state index in [4.69, 9.17) is 4.74 Å². The summed E-state index contributed by atoms with van der Waals surface area (Å²) in [5, 5.41) is 0. The lowest BCUT2D eigenvalue weighted by Gasteiger charge is -2.24. The Morgan fingerprint density at radius 1 is 1.13 bits per heavy atom. The van der Waals surface area contributed by atoms with Gasteiger partial charge in [0, 0.05) is 0 Å². The summed E-state index contributed by atoms with van der Waals surface area (Å²) in [6, 6.07) is 18.8. The number of hydrogen-bond donors (Lipinski definition) is 0. The molecule has 0 amide bonds. The monoisotopic (exact) mass is 430 g/mol. The summed E-state index contributed by atoms with van der Waals surface area (Å²) in [6.07, 6.45) is 5.60. The largest absolute Gasteiger partial charge is 0.463 e. The first kappa shape index (κ1) is 20.8. The molecule has 5 nitrogen and oxygen atoms in total. The fraction of sp³-hybridized carbons (Fsp3) is 0.160. The van der Waals surface area contributed by atoms with Crippen molar-refractivity contribution in [2.24, 2.45) is 4.99 Å². The van der Waals surface area contributed by atoms with Crippen molar-refractivity contribution in [3.8, 4) is 0 Å². The van der Waals surface area contributed by atoms with Crippen molar-refractivity contribution < 1.29 is 9.53 Å². The van der Waals surface area contributed by atoms with E-state index in [1.54, 1.807) is 24.5 Å². The third kappa shape index (κ3) is 4.20. The number of hydrogen-bond acceptors (Lipinski definition) is 5. The van der Waals surface area contributed by atoms with Crippen LogP contribution in [-0.2, 0) is 9.53 Å². The van der Waals surface area contributed by atoms with E-state index in [1.807, 2.05) is 72.8 Å². The Kier molecular flexibility index (Phi) is 6.09. The van der Waals surface area contributed by atoms with Gasteiger partial charge in [-0.3, -0.25) is 9.36 Å². The highest BCUT2D eigenvalue weighted by atomic mass is 32.1. The zero-order valence-corrected chi connectivity index (χ0v) is 18.1. The number of carbonyl (C=O) groups excluding carboxylic acids is 1. The molecule has 3 aromatic rings. The standard InChI is InChI=1S/C25H22N2O3S/c1-3-30-24(29)21-17(2)26-25-27(22(21)19-14-8-5-9-15-19)23(28)20(31-25)16-10-13-18-11-6-4-7-12-18/h4-16,22H,3H2,1-2H3/b13-10+,20-16+/t22-/m0/s1.